The monoisotopic (exact) mass is 228 g/mol. The second-order valence-corrected chi connectivity index (χ2v) is 4.55. The van der Waals surface area contributed by atoms with Gasteiger partial charge in [0.25, 0.3) is 0 Å². The minimum Gasteiger partial charge on any atom is -0.421 e. The van der Waals surface area contributed by atoms with E-state index in [1.165, 1.54) is 5.69 Å². The first-order valence-corrected chi connectivity index (χ1v) is 5.93. The molecule has 4 heteroatoms. The van der Waals surface area contributed by atoms with Crippen molar-refractivity contribution in [2.24, 2.45) is 0 Å². The molecular weight excluding hydrogens is 212 g/mol. The first kappa shape index (κ1) is 10.4. The fourth-order valence-corrected chi connectivity index (χ4v) is 2.33. The summed E-state index contributed by atoms with van der Waals surface area (Å²) < 4.78 is 2.14. The normalized spacial score (nSPS) is 27.3. The lowest BCUT2D eigenvalue weighted by atomic mass is 10.1. The summed E-state index contributed by atoms with van der Waals surface area (Å²) in [7, 11) is 0. The van der Waals surface area contributed by atoms with Gasteiger partial charge >= 0.3 is 0 Å². The number of aromatic nitrogens is 2. The highest BCUT2D eigenvalue weighted by Crippen LogP contribution is 2.26. The summed E-state index contributed by atoms with van der Waals surface area (Å²) in [6.07, 6.45) is 3.69. The van der Waals surface area contributed by atoms with Crippen molar-refractivity contribution >= 4 is 11.5 Å². The lowest BCUT2D eigenvalue weighted by molar-refractivity contribution is -0.822. The quantitative estimate of drug-likeness (QED) is 0.796. The van der Waals surface area contributed by atoms with E-state index >= 15 is 0 Å². The number of fused-ring (bicyclic) bond motifs is 1. The molecule has 1 N–H and O–H groups in total. The van der Waals surface area contributed by atoms with Crippen LogP contribution < -0.4 is 5.01 Å². The molecule has 1 aliphatic heterocycles. The second kappa shape index (κ2) is 3.89. The Hall–Kier alpha value is -1.81. The summed E-state index contributed by atoms with van der Waals surface area (Å²) in [5.74, 6) is 0.953. The second-order valence-electron chi connectivity index (χ2n) is 4.55. The van der Waals surface area contributed by atoms with Gasteiger partial charge in [0.15, 0.2) is 0 Å². The number of para-hydroxylation sites is 1. The molecule has 3 rings (SSSR count). The van der Waals surface area contributed by atoms with E-state index in [1.807, 2.05) is 18.6 Å². The van der Waals surface area contributed by atoms with Crippen molar-refractivity contribution in [1.29, 1.82) is 0 Å². The van der Waals surface area contributed by atoms with Crippen molar-refractivity contribution in [2.45, 2.75) is 25.9 Å². The molecule has 1 aromatic heterocycles. The van der Waals surface area contributed by atoms with Crippen molar-refractivity contribution < 1.29 is 5.01 Å². The first-order valence-electron chi connectivity index (χ1n) is 5.93. The zero-order chi connectivity index (χ0) is 11.8. The van der Waals surface area contributed by atoms with Gasteiger partial charge in [-0.05, 0) is 6.92 Å². The maximum absolute atomic E-state index is 4.72. The molecule has 0 spiro atoms. The van der Waals surface area contributed by atoms with E-state index in [0.717, 1.165) is 10.8 Å². The van der Waals surface area contributed by atoms with Crippen LogP contribution in [0.4, 0.5) is 11.5 Å². The molecule has 0 amide bonds. The molecule has 0 radical (unpaired) electrons. The van der Waals surface area contributed by atoms with Gasteiger partial charge in [-0.1, -0.05) is 25.1 Å². The van der Waals surface area contributed by atoms with E-state index in [-0.39, 0.29) is 0 Å². The summed E-state index contributed by atoms with van der Waals surface area (Å²) in [5.41, 5.74) is 5.93. The molecule has 0 saturated heterocycles. The average Bonchev–Trinajstić information content (AvgIpc) is 2.83. The van der Waals surface area contributed by atoms with Crippen molar-refractivity contribution in [3.8, 4) is 0 Å². The van der Waals surface area contributed by atoms with Gasteiger partial charge in [0.2, 0.25) is 0 Å². The molecule has 88 valence electrons. The molecule has 3 unspecified atom stereocenters. The highest BCUT2D eigenvalue weighted by molar-refractivity contribution is 5.40. The molecule has 4 nitrogen and oxygen atoms in total. The van der Waals surface area contributed by atoms with Crippen molar-refractivity contribution in [3.05, 3.63) is 48.3 Å². The highest BCUT2D eigenvalue weighted by Gasteiger charge is 2.27. The van der Waals surface area contributed by atoms with E-state index < -0.39 is 0 Å². The van der Waals surface area contributed by atoms with E-state index in [1.54, 1.807) is 0 Å². The van der Waals surface area contributed by atoms with Crippen LogP contribution in [0, 0.1) is 0 Å². The first-order chi connectivity index (χ1) is 8.27. The van der Waals surface area contributed by atoms with Gasteiger partial charge in [-0.3, -0.25) is 15.4 Å². The lowest BCUT2D eigenvalue weighted by Gasteiger charge is -2.42. The Morgan fingerprint density at radius 1 is 1.24 bits per heavy atom. The van der Waals surface area contributed by atoms with Crippen LogP contribution in [0.2, 0.25) is 0 Å². The van der Waals surface area contributed by atoms with Gasteiger partial charge in [-0.2, -0.15) is 0 Å². The van der Waals surface area contributed by atoms with Gasteiger partial charge in [0, 0.05) is 36.5 Å². The predicted octanol–water partition coefficient (Wildman–Crippen LogP) is 1.98. The zero-order valence-electron chi connectivity index (χ0n) is 10.0. The lowest BCUT2D eigenvalue weighted by Crippen LogP contribution is -3.08. The summed E-state index contributed by atoms with van der Waals surface area (Å²) >= 11 is 0. The summed E-state index contributed by atoms with van der Waals surface area (Å²) in [6.45, 7) is 4.44. The van der Waals surface area contributed by atoms with Gasteiger partial charge in [-0.25, -0.2) is 0 Å². The standard InChI is InChI=1S/C13H16N4/c1-10-11(2)17(12-6-4-3-5-7-12)15-13-8-14-9-16(10)13/h3-11,17H,1-2H3. The van der Waals surface area contributed by atoms with Crippen LogP contribution >= 0.6 is 0 Å². The Morgan fingerprint density at radius 2 is 2.00 bits per heavy atom. The Balaban J connectivity index is 1.99. The number of hydrogen-bond donors (Lipinski definition) is 1. The molecule has 17 heavy (non-hydrogen) atoms. The fraction of sp³-hybridized carbons (Fsp3) is 0.308. The Morgan fingerprint density at radius 3 is 2.76 bits per heavy atom. The number of imidazole rings is 1. The maximum atomic E-state index is 4.72. The van der Waals surface area contributed by atoms with E-state index in [4.69, 9.17) is 5.43 Å². The van der Waals surface area contributed by atoms with E-state index in [9.17, 15) is 0 Å². The predicted molar refractivity (Wildman–Crippen MR) is 66.5 cm³/mol. The Kier molecular flexibility index (Phi) is 2.37. The third-order valence-corrected chi connectivity index (χ3v) is 3.54. The molecular formula is C13H16N4. The van der Waals surface area contributed by atoms with E-state index in [0.29, 0.717) is 12.1 Å². The van der Waals surface area contributed by atoms with Gasteiger partial charge < -0.3 is 4.57 Å². The zero-order valence-corrected chi connectivity index (χ0v) is 10.0. The third kappa shape index (κ3) is 1.61. The molecule has 1 aliphatic rings. The number of benzene rings is 1. The number of nitrogens with zero attached hydrogens (tertiary/aromatic N) is 3. The highest BCUT2D eigenvalue weighted by atomic mass is 15.6. The Labute approximate surface area is 101 Å². The van der Waals surface area contributed by atoms with E-state index in [2.05, 4.69) is 47.7 Å². The molecule has 2 aromatic rings. The summed E-state index contributed by atoms with van der Waals surface area (Å²) in [4.78, 5) is 4.17. The average molecular weight is 228 g/mol. The number of quaternary nitrogens is 1. The van der Waals surface area contributed by atoms with Crippen LogP contribution in [0.25, 0.3) is 5.43 Å². The van der Waals surface area contributed by atoms with Crippen LogP contribution in [0.1, 0.15) is 19.9 Å². The minimum absolute atomic E-state index is 0.402. The molecule has 0 aliphatic carbocycles. The molecule has 1 aromatic carbocycles. The summed E-state index contributed by atoms with van der Waals surface area (Å²) in [5, 5.41) is 1.16. The van der Waals surface area contributed by atoms with Crippen molar-refractivity contribution in [2.75, 3.05) is 0 Å². The Bertz CT molecular complexity index is 505. The van der Waals surface area contributed by atoms with Crippen LogP contribution in [-0.4, -0.2) is 15.6 Å². The van der Waals surface area contributed by atoms with Gasteiger partial charge in [0.1, 0.15) is 11.7 Å². The molecule has 2 heterocycles. The van der Waals surface area contributed by atoms with Crippen molar-refractivity contribution in [3.63, 3.8) is 0 Å². The number of hydrogen-bond acceptors (Lipinski definition) is 1. The minimum atomic E-state index is 0.402. The third-order valence-electron chi connectivity index (χ3n) is 3.54. The van der Waals surface area contributed by atoms with Crippen LogP contribution in [0.15, 0.2) is 42.9 Å². The molecule has 3 atom stereocenters. The van der Waals surface area contributed by atoms with Crippen LogP contribution in [0.5, 0.6) is 0 Å². The smallest absolute Gasteiger partial charge is 0.141 e. The SMILES string of the molecule is CC1C(C)[NH+](c2ccccc2)[N-]c2cncn21. The van der Waals surface area contributed by atoms with Crippen LogP contribution in [0.3, 0.4) is 0 Å². The summed E-state index contributed by atoms with van der Waals surface area (Å²) in [6, 6.07) is 11.2. The van der Waals surface area contributed by atoms with Gasteiger partial charge in [-0.15, -0.1) is 0 Å². The van der Waals surface area contributed by atoms with Crippen LogP contribution in [-0.2, 0) is 0 Å². The topological polar surface area (TPSA) is 36.4 Å². The molecule has 0 bridgehead atoms. The largest absolute Gasteiger partial charge is 0.421 e. The fourth-order valence-electron chi connectivity index (χ4n) is 2.33. The van der Waals surface area contributed by atoms with Crippen molar-refractivity contribution in [1.82, 2.24) is 9.55 Å². The van der Waals surface area contributed by atoms with Gasteiger partial charge in [0.05, 0.1) is 0 Å². The number of nitrogens with one attached hydrogen (secondary N) is 1. The number of rotatable bonds is 1. The molecule has 0 fully saturated rings. The molecule has 0 saturated carbocycles. The maximum Gasteiger partial charge on any atom is 0.141 e.